The van der Waals surface area contributed by atoms with Crippen molar-refractivity contribution in [2.24, 2.45) is 0 Å². The molecule has 26 heavy (non-hydrogen) atoms. The summed E-state index contributed by atoms with van der Waals surface area (Å²) in [6, 6.07) is 13.3. The Labute approximate surface area is 148 Å². The minimum absolute atomic E-state index is 0.252. The number of ether oxygens (including phenoxy) is 1. The van der Waals surface area contributed by atoms with Crippen LogP contribution >= 0.6 is 0 Å². The fourth-order valence-electron chi connectivity index (χ4n) is 2.80. The van der Waals surface area contributed by atoms with Crippen molar-refractivity contribution in [3.8, 4) is 22.8 Å². The lowest BCUT2D eigenvalue weighted by atomic mass is 10.1. The van der Waals surface area contributed by atoms with E-state index in [1.165, 1.54) is 9.08 Å². The highest BCUT2D eigenvalue weighted by molar-refractivity contribution is 5.66. The number of rotatable bonds is 4. The van der Waals surface area contributed by atoms with E-state index in [0.717, 1.165) is 29.7 Å². The summed E-state index contributed by atoms with van der Waals surface area (Å²) in [5.74, 6) is 1.11. The molecule has 0 amide bonds. The topological polar surface area (TPSA) is 74.3 Å². The third-order valence-corrected chi connectivity index (χ3v) is 4.25. The normalized spacial score (nSPS) is 13.8. The smallest absolute Gasteiger partial charge is 0.357 e. The molecule has 0 N–H and O–H groups in total. The second-order valence-electron chi connectivity index (χ2n) is 6.23. The fraction of sp³-hybridized carbons (Fsp3) is 0.158. The summed E-state index contributed by atoms with van der Waals surface area (Å²) in [4.78, 5) is 20.9. The average Bonchev–Trinajstić information content (AvgIpc) is 3.44. The number of nitrogens with zero attached hydrogens (tertiary/aromatic N) is 5. The molecule has 128 valence electrons. The number of pyridine rings is 1. The van der Waals surface area contributed by atoms with Crippen LogP contribution in [0.2, 0.25) is 0 Å². The third kappa shape index (κ3) is 2.63. The van der Waals surface area contributed by atoms with Crippen LogP contribution < -0.4 is 10.4 Å². The lowest BCUT2D eigenvalue weighted by molar-refractivity contribution is 0.303. The third-order valence-electron chi connectivity index (χ3n) is 4.25. The molecule has 1 aromatic carbocycles. The van der Waals surface area contributed by atoms with Crippen LogP contribution in [0.4, 0.5) is 0 Å². The quantitative estimate of drug-likeness (QED) is 0.568. The molecule has 7 heteroatoms. The summed E-state index contributed by atoms with van der Waals surface area (Å²) in [5.41, 5.74) is 2.13. The molecule has 1 aliphatic carbocycles. The zero-order valence-electron chi connectivity index (χ0n) is 13.8. The number of hydrogen-bond donors (Lipinski definition) is 0. The van der Waals surface area contributed by atoms with E-state index < -0.39 is 0 Å². The first-order valence-electron chi connectivity index (χ1n) is 8.44. The standard InChI is InChI=1S/C19H15N5O2/c25-19-23-12-14(13-3-1-4-16(11-13)26-15-6-7-15)5-8-17(23)22-24(19)18-20-9-2-10-21-18/h1-5,8-12,15H,6-7H2. The second-order valence-corrected chi connectivity index (χ2v) is 6.23. The molecular weight excluding hydrogens is 330 g/mol. The van der Waals surface area contributed by atoms with Gasteiger partial charge in [-0.15, -0.1) is 9.78 Å². The zero-order valence-corrected chi connectivity index (χ0v) is 13.8. The van der Waals surface area contributed by atoms with E-state index >= 15 is 0 Å². The van der Waals surface area contributed by atoms with E-state index in [4.69, 9.17) is 4.74 Å². The molecule has 0 unspecified atom stereocenters. The molecule has 0 radical (unpaired) electrons. The Morgan fingerprint density at radius 2 is 1.85 bits per heavy atom. The van der Waals surface area contributed by atoms with Gasteiger partial charge in [-0.2, -0.15) is 0 Å². The lowest BCUT2D eigenvalue weighted by Gasteiger charge is -2.07. The van der Waals surface area contributed by atoms with Crippen molar-refractivity contribution < 1.29 is 4.74 Å². The van der Waals surface area contributed by atoms with Crippen LogP contribution in [0, 0.1) is 0 Å². The van der Waals surface area contributed by atoms with Crippen molar-refractivity contribution in [1.29, 1.82) is 0 Å². The maximum absolute atomic E-state index is 12.7. The van der Waals surface area contributed by atoms with Gasteiger partial charge in [-0.3, -0.25) is 0 Å². The fourth-order valence-corrected chi connectivity index (χ4v) is 2.80. The van der Waals surface area contributed by atoms with Crippen LogP contribution in [0.5, 0.6) is 5.75 Å². The molecule has 4 aromatic rings. The Kier molecular flexibility index (Phi) is 3.31. The molecule has 1 saturated carbocycles. The summed E-state index contributed by atoms with van der Waals surface area (Å²) in [7, 11) is 0. The van der Waals surface area contributed by atoms with Gasteiger partial charge in [0.1, 0.15) is 5.75 Å². The van der Waals surface area contributed by atoms with Gasteiger partial charge in [0.15, 0.2) is 5.65 Å². The van der Waals surface area contributed by atoms with Crippen molar-refractivity contribution in [3.63, 3.8) is 0 Å². The molecule has 3 aromatic heterocycles. The van der Waals surface area contributed by atoms with Crippen molar-refractivity contribution in [2.75, 3.05) is 0 Å². The number of aromatic nitrogens is 5. The zero-order chi connectivity index (χ0) is 17.5. The first-order chi connectivity index (χ1) is 12.8. The van der Waals surface area contributed by atoms with Crippen molar-refractivity contribution in [3.05, 3.63) is 71.5 Å². The predicted octanol–water partition coefficient (Wildman–Crippen LogP) is 2.48. The molecule has 0 aliphatic heterocycles. The van der Waals surface area contributed by atoms with Crippen LogP contribution in [-0.2, 0) is 0 Å². The Morgan fingerprint density at radius 1 is 1.00 bits per heavy atom. The van der Waals surface area contributed by atoms with Crippen LogP contribution in [0.15, 0.2) is 65.8 Å². The molecule has 7 nitrogen and oxygen atoms in total. The Bertz CT molecular complexity index is 1150. The highest BCUT2D eigenvalue weighted by Crippen LogP contribution is 2.29. The minimum atomic E-state index is -0.307. The van der Waals surface area contributed by atoms with E-state index in [9.17, 15) is 4.79 Å². The van der Waals surface area contributed by atoms with Gasteiger partial charge in [-0.05, 0) is 54.3 Å². The van der Waals surface area contributed by atoms with Crippen molar-refractivity contribution >= 4 is 5.65 Å². The summed E-state index contributed by atoms with van der Waals surface area (Å²) in [6.45, 7) is 0. The van der Waals surface area contributed by atoms with Crippen LogP contribution in [0.3, 0.4) is 0 Å². The van der Waals surface area contributed by atoms with E-state index in [1.807, 2.05) is 36.4 Å². The lowest BCUT2D eigenvalue weighted by Crippen LogP contribution is -2.21. The van der Waals surface area contributed by atoms with Gasteiger partial charge >= 0.3 is 5.69 Å². The van der Waals surface area contributed by atoms with Gasteiger partial charge in [0.2, 0.25) is 0 Å². The number of fused-ring (bicyclic) bond motifs is 1. The van der Waals surface area contributed by atoms with Crippen LogP contribution in [-0.4, -0.2) is 30.3 Å². The highest BCUT2D eigenvalue weighted by Gasteiger charge is 2.23. The molecule has 3 heterocycles. The molecule has 0 bridgehead atoms. The number of hydrogen-bond acceptors (Lipinski definition) is 5. The molecule has 5 rings (SSSR count). The van der Waals surface area contributed by atoms with Crippen molar-refractivity contribution in [2.45, 2.75) is 18.9 Å². The Hall–Kier alpha value is -3.48. The van der Waals surface area contributed by atoms with Gasteiger partial charge in [-0.1, -0.05) is 12.1 Å². The van der Waals surface area contributed by atoms with Crippen LogP contribution in [0.1, 0.15) is 12.8 Å². The van der Waals surface area contributed by atoms with Gasteiger partial charge in [0, 0.05) is 18.6 Å². The SMILES string of the molecule is O=c1n(-c2ncccn2)nc2ccc(-c3cccc(OC4CC4)c3)cn12. The first kappa shape index (κ1) is 14.8. The summed E-state index contributed by atoms with van der Waals surface area (Å²) >= 11 is 0. The summed E-state index contributed by atoms with van der Waals surface area (Å²) in [6.07, 6.45) is 7.52. The molecule has 0 saturated heterocycles. The molecule has 1 fully saturated rings. The minimum Gasteiger partial charge on any atom is -0.490 e. The van der Waals surface area contributed by atoms with E-state index in [0.29, 0.717) is 11.8 Å². The highest BCUT2D eigenvalue weighted by atomic mass is 16.5. The number of benzene rings is 1. The van der Waals surface area contributed by atoms with E-state index in [-0.39, 0.29) is 11.6 Å². The molecule has 0 atom stereocenters. The second kappa shape index (κ2) is 5.80. The van der Waals surface area contributed by atoms with E-state index in [1.54, 1.807) is 24.7 Å². The maximum atomic E-state index is 12.7. The van der Waals surface area contributed by atoms with Gasteiger partial charge in [0.05, 0.1) is 6.10 Å². The van der Waals surface area contributed by atoms with Crippen molar-refractivity contribution in [1.82, 2.24) is 24.1 Å². The van der Waals surface area contributed by atoms with Gasteiger partial charge in [0.25, 0.3) is 5.95 Å². The molecule has 1 aliphatic rings. The Morgan fingerprint density at radius 3 is 2.65 bits per heavy atom. The largest absolute Gasteiger partial charge is 0.490 e. The van der Waals surface area contributed by atoms with Gasteiger partial charge < -0.3 is 4.74 Å². The Balaban J connectivity index is 1.58. The molecular formula is C19H15N5O2. The average molecular weight is 345 g/mol. The van der Waals surface area contributed by atoms with Gasteiger partial charge in [-0.25, -0.2) is 19.2 Å². The predicted molar refractivity (Wildman–Crippen MR) is 95.5 cm³/mol. The van der Waals surface area contributed by atoms with E-state index in [2.05, 4.69) is 15.1 Å². The molecule has 0 spiro atoms. The monoisotopic (exact) mass is 345 g/mol. The summed E-state index contributed by atoms with van der Waals surface area (Å²) < 4.78 is 8.56. The maximum Gasteiger partial charge on any atom is 0.357 e. The summed E-state index contributed by atoms with van der Waals surface area (Å²) in [5, 5.41) is 4.30. The first-order valence-corrected chi connectivity index (χ1v) is 8.44. The van der Waals surface area contributed by atoms with Crippen LogP contribution in [0.25, 0.3) is 22.7 Å².